The second-order valence-electron chi connectivity index (χ2n) is 2.59. The summed E-state index contributed by atoms with van der Waals surface area (Å²) in [6, 6.07) is 7.50. The van der Waals surface area contributed by atoms with E-state index in [-0.39, 0.29) is 5.75 Å². The molecule has 0 aliphatic heterocycles. The maximum atomic E-state index is 10.4. The van der Waals surface area contributed by atoms with Crippen LogP contribution in [0.2, 0.25) is 0 Å². The van der Waals surface area contributed by atoms with Gasteiger partial charge >= 0.3 is 0 Å². The van der Waals surface area contributed by atoms with Crippen LogP contribution in [0.25, 0.3) is 0 Å². The summed E-state index contributed by atoms with van der Waals surface area (Å²) in [6.07, 6.45) is 0.563. The summed E-state index contributed by atoms with van der Waals surface area (Å²) < 4.78 is 24.1. The Balaban J connectivity index is 2.69. The van der Waals surface area contributed by atoms with Crippen molar-refractivity contribution in [2.45, 2.75) is 6.42 Å². The third-order valence-electron chi connectivity index (χ3n) is 1.74. The molecule has 13 heavy (non-hydrogen) atoms. The molecule has 0 amide bonds. The molecular formula is C9H12O3S. The molecule has 0 saturated heterocycles. The molecule has 1 unspecified atom stereocenters. The second-order valence-corrected chi connectivity index (χ2v) is 3.64. The van der Waals surface area contributed by atoms with Crippen LogP contribution in [-0.2, 0) is 17.5 Å². The summed E-state index contributed by atoms with van der Waals surface area (Å²) in [6.45, 7) is 0. The Kier molecular flexibility index (Phi) is 3.92. The van der Waals surface area contributed by atoms with Gasteiger partial charge in [0.2, 0.25) is 0 Å². The van der Waals surface area contributed by atoms with Crippen molar-refractivity contribution in [1.82, 2.24) is 0 Å². The van der Waals surface area contributed by atoms with Crippen LogP contribution >= 0.6 is 0 Å². The molecule has 3 nitrogen and oxygen atoms in total. The van der Waals surface area contributed by atoms with Gasteiger partial charge in [0.05, 0.1) is 12.9 Å². The van der Waals surface area contributed by atoms with Crippen molar-refractivity contribution < 1.29 is 13.5 Å². The van der Waals surface area contributed by atoms with Crippen LogP contribution in [0.4, 0.5) is 0 Å². The molecule has 0 aliphatic rings. The largest absolute Gasteiger partial charge is 0.496 e. The van der Waals surface area contributed by atoms with E-state index in [2.05, 4.69) is 0 Å². The molecule has 4 heteroatoms. The van der Waals surface area contributed by atoms with Gasteiger partial charge < -0.3 is 9.29 Å². The number of aryl methyl sites for hydroxylation is 1. The van der Waals surface area contributed by atoms with Crippen molar-refractivity contribution in [3.05, 3.63) is 29.8 Å². The van der Waals surface area contributed by atoms with Gasteiger partial charge in [0.1, 0.15) is 5.75 Å². The van der Waals surface area contributed by atoms with Crippen molar-refractivity contribution in [2.24, 2.45) is 0 Å². The molecule has 1 aromatic rings. The summed E-state index contributed by atoms with van der Waals surface area (Å²) in [4.78, 5) is 0. The number of benzene rings is 1. The van der Waals surface area contributed by atoms with E-state index < -0.39 is 11.1 Å². The summed E-state index contributed by atoms with van der Waals surface area (Å²) in [5.41, 5.74) is 0.965. The second kappa shape index (κ2) is 4.99. The number of para-hydroxylation sites is 1. The smallest absolute Gasteiger partial charge is 0.153 e. The fourth-order valence-electron chi connectivity index (χ4n) is 1.11. The monoisotopic (exact) mass is 200 g/mol. The predicted molar refractivity (Wildman–Crippen MR) is 52.3 cm³/mol. The molecule has 72 valence electrons. The first-order valence-electron chi connectivity index (χ1n) is 3.93. The Morgan fingerprint density at radius 1 is 1.46 bits per heavy atom. The van der Waals surface area contributed by atoms with Crippen molar-refractivity contribution in [3.8, 4) is 5.75 Å². The van der Waals surface area contributed by atoms with Crippen LogP contribution in [0.1, 0.15) is 5.56 Å². The molecule has 1 atom stereocenters. The quantitative estimate of drug-likeness (QED) is 0.748. The standard InChI is InChI=1S/C9H12O3S/c1-12-9-5-3-2-4-8(9)6-7-13(10)11/h2-5H,6-7H2,1H3,(H,10,11). The molecule has 1 N–H and O–H groups in total. The topological polar surface area (TPSA) is 46.5 Å². The lowest BCUT2D eigenvalue weighted by atomic mass is 10.1. The Labute approximate surface area is 80.0 Å². The van der Waals surface area contributed by atoms with Gasteiger partial charge in [-0.3, -0.25) is 0 Å². The molecule has 0 bridgehead atoms. The minimum Gasteiger partial charge on any atom is -0.496 e. The Bertz CT molecular complexity index is 299. The van der Waals surface area contributed by atoms with E-state index in [9.17, 15) is 4.21 Å². The number of hydrogen-bond donors (Lipinski definition) is 1. The third-order valence-corrected chi connectivity index (χ3v) is 2.29. The fraction of sp³-hybridized carbons (Fsp3) is 0.333. The number of hydrogen-bond acceptors (Lipinski definition) is 2. The van der Waals surface area contributed by atoms with Crippen molar-refractivity contribution >= 4 is 11.1 Å². The van der Waals surface area contributed by atoms with E-state index >= 15 is 0 Å². The predicted octanol–water partition coefficient (Wildman–Crippen LogP) is 1.46. The van der Waals surface area contributed by atoms with E-state index in [1.165, 1.54) is 0 Å². The fourth-order valence-corrected chi connectivity index (χ4v) is 1.50. The van der Waals surface area contributed by atoms with Gasteiger partial charge in [-0.1, -0.05) is 18.2 Å². The zero-order valence-corrected chi connectivity index (χ0v) is 8.21. The molecule has 1 rings (SSSR count). The van der Waals surface area contributed by atoms with Gasteiger partial charge in [0.25, 0.3) is 0 Å². The molecule has 0 saturated carbocycles. The van der Waals surface area contributed by atoms with E-state index in [1.54, 1.807) is 7.11 Å². The van der Waals surface area contributed by atoms with E-state index in [0.29, 0.717) is 6.42 Å². The Morgan fingerprint density at radius 2 is 2.15 bits per heavy atom. The van der Waals surface area contributed by atoms with Crippen LogP contribution in [0.15, 0.2) is 24.3 Å². The highest BCUT2D eigenvalue weighted by Gasteiger charge is 2.02. The molecule has 0 aromatic heterocycles. The van der Waals surface area contributed by atoms with Crippen molar-refractivity contribution in [2.75, 3.05) is 12.9 Å². The maximum absolute atomic E-state index is 10.4. The zero-order chi connectivity index (χ0) is 9.68. The van der Waals surface area contributed by atoms with Crippen LogP contribution < -0.4 is 4.74 Å². The summed E-state index contributed by atoms with van der Waals surface area (Å²) in [5.74, 6) is 1.02. The molecule has 0 radical (unpaired) electrons. The summed E-state index contributed by atoms with van der Waals surface area (Å²) >= 11 is -1.73. The van der Waals surface area contributed by atoms with Gasteiger partial charge in [-0.15, -0.1) is 0 Å². The van der Waals surface area contributed by atoms with Crippen LogP contribution in [-0.4, -0.2) is 21.6 Å². The van der Waals surface area contributed by atoms with Crippen molar-refractivity contribution in [3.63, 3.8) is 0 Å². The minimum absolute atomic E-state index is 0.250. The Hall–Kier alpha value is -0.870. The highest BCUT2D eigenvalue weighted by Crippen LogP contribution is 2.17. The highest BCUT2D eigenvalue weighted by molar-refractivity contribution is 7.79. The van der Waals surface area contributed by atoms with Gasteiger partial charge in [-0.25, -0.2) is 4.21 Å². The lowest BCUT2D eigenvalue weighted by Gasteiger charge is -2.05. The molecular weight excluding hydrogens is 188 g/mol. The van der Waals surface area contributed by atoms with E-state index in [4.69, 9.17) is 9.29 Å². The Morgan fingerprint density at radius 3 is 2.77 bits per heavy atom. The first kappa shape index (κ1) is 10.2. The minimum atomic E-state index is -1.73. The third kappa shape index (κ3) is 3.16. The van der Waals surface area contributed by atoms with Crippen molar-refractivity contribution in [1.29, 1.82) is 0 Å². The molecule has 0 heterocycles. The van der Waals surface area contributed by atoms with E-state index in [0.717, 1.165) is 11.3 Å². The lowest BCUT2D eigenvalue weighted by molar-refractivity contribution is 0.410. The number of methoxy groups -OCH3 is 1. The first-order valence-corrected chi connectivity index (χ1v) is 5.21. The molecule has 1 aromatic carbocycles. The van der Waals surface area contributed by atoms with Gasteiger partial charge in [0.15, 0.2) is 11.1 Å². The highest BCUT2D eigenvalue weighted by atomic mass is 32.2. The van der Waals surface area contributed by atoms with Gasteiger partial charge in [-0.05, 0) is 18.1 Å². The van der Waals surface area contributed by atoms with Crippen LogP contribution in [0.3, 0.4) is 0 Å². The lowest BCUT2D eigenvalue weighted by Crippen LogP contribution is -2.00. The normalized spacial score (nSPS) is 12.5. The van der Waals surface area contributed by atoms with Crippen LogP contribution in [0.5, 0.6) is 5.75 Å². The van der Waals surface area contributed by atoms with Gasteiger partial charge in [0, 0.05) is 0 Å². The van der Waals surface area contributed by atoms with Gasteiger partial charge in [-0.2, -0.15) is 0 Å². The SMILES string of the molecule is COc1ccccc1CCS(=O)O. The molecule has 0 fully saturated rings. The molecule has 0 spiro atoms. The number of ether oxygens (including phenoxy) is 1. The van der Waals surface area contributed by atoms with E-state index in [1.807, 2.05) is 24.3 Å². The zero-order valence-electron chi connectivity index (χ0n) is 7.40. The maximum Gasteiger partial charge on any atom is 0.153 e. The van der Waals surface area contributed by atoms with Crippen LogP contribution in [0, 0.1) is 0 Å². The first-order chi connectivity index (χ1) is 6.24. The summed E-state index contributed by atoms with van der Waals surface area (Å²) in [5, 5.41) is 0. The average Bonchev–Trinajstić information content (AvgIpc) is 2.15. The molecule has 0 aliphatic carbocycles. The average molecular weight is 200 g/mol. The summed E-state index contributed by atoms with van der Waals surface area (Å²) in [7, 11) is 1.59. The number of rotatable bonds is 4.